The van der Waals surface area contributed by atoms with Crippen LogP contribution in [0.2, 0.25) is 0 Å². The first-order valence-electron chi connectivity index (χ1n) is 3.80. The first-order chi connectivity index (χ1) is 6.26. The summed E-state index contributed by atoms with van der Waals surface area (Å²) in [5.74, 6) is 0. The molecule has 0 aliphatic heterocycles. The van der Waals surface area contributed by atoms with Gasteiger partial charge in [-0.25, -0.2) is 0 Å². The van der Waals surface area contributed by atoms with Gasteiger partial charge in [0, 0.05) is 18.3 Å². The van der Waals surface area contributed by atoms with Crippen molar-refractivity contribution < 1.29 is 4.79 Å². The second-order valence-electron chi connectivity index (χ2n) is 2.44. The fraction of sp³-hybridized carbons (Fsp3) is 0.111. The summed E-state index contributed by atoms with van der Waals surface area (Å²) >= 11 is 4.91. The zero-order chi connectivity index (χ0) is 9.68. The van der Waals surface area contributed by atoms with E-state index in [1.54, 1.807) is 31.3 Å². The number of hydrogen-bond donors (Lipinski definition) is 2. The van der Waals surface area contributed by atoms with E-state index in [-0.39, 0.29) is 0 Å². The monoisotopic (exact) mass is 194 g/mol. The van der Waals surface area contributed by atoms with E-state index in [0.717, 1.165) is 12.0 Å². The molecule has 0 saturated carbocycles. The van der Waals surface area contributed by atoms with Crippen LogP contribution in [0.1, 0.15) is 10.4 Å². The van der Waals surface area contributed by atoms with Crippen LogP contribution in [0.4, 0.5) is 5.69 Å². The summed E-state index contributed by atoms with van der Waals surface area (Å²) in [6, 6.07) is 7.06. The summed E-state index contributed by atoms with van der Waals surface area (Å²) in [4.78, 5) is 10.3. The summed E-state index contributed by atoms with van der Waals surface area (Å²) in [6.07, 6.45) is 0.806. The Hall–Kier alpha value is -1.42. The Morgan fingerprint density at radius 2 is 2.00 bits per heavy atom. The summed E-state index contributed by atoms with van der Waals surface area (Å²) in [5.41, 5.74) is 1.52. The van der Waals surface area contributed by atoms with Crippen LogP contribution < -0.4 is 10.6 Å². The molecular weight excluding hydrogens is 184 g/mol. The molecule has 1 aromatic rings. The predicted molar refractivity (Wildman–Crippen MR) is 57.1 cm³/mol. The van der Waals surface area contributed by atoms with Crippen molar-refractivity contribution >= 4 is 29.3 Å². The van der Waals surface area contributed by atoms with Gasteiger partial charge < -0.3 is 10.6 Å². The molecule has 0 amide bonds. The second kappa shape index (κ2) is 4.57. The third kappa shape index (κ3) is 2.83. The molecule has 3 nitrogen and oxygen atoms in total. The van der Waals surface area contributed by atoms with Crippen molar-refractivity contribution in [2.24, 2.45) is 0 Å². The smallest absolute Gasteiger partial charge is 0.170 e. The van der Waals surface area contributed by atoms with Crippen LogP contribution in [0.25, 0.3) is 0 Å². The van der Waals surface area contributed by atoms with Gasteiger partial charge in [0.05, 0.1) is 0 Å². The lowest BCUT2D eigenvalue weighted by atomic mass is 10.2. The molecule has 13 heavy (non-hydrogen) atoms. The summed E-state index contributed by atoms with van der Waals surface area (Å²) in [6.45, 7) is 0. The maximum absolute atomic E-state index is 10.3. The molecule has 0 radical (unpaired) electrons. The number of carbonyl (C=O) groups excluding carboxylic acids is 1. The number of anilines is 1. The Bertz CT molecular complexity index is 308. The molecule has 0 unspecified atom stereocenters. The fourth-order valence-electron chi connectivity index (χ4n) is 0.839. The van der Waals surface area contributed by atoms with E-state index >= 15 is 0 Å². The summed E-state index contributed by atoms with van der Waals surface area (Å²) in [7, 11) is 1.75. The van der Waals surface area contributed by atoms with E-state index in [2.05, 4.69) is 10.6 Å². The largest absolute Gasteiger partial charge is 0.366 e. The third-order valence-corrected chi connectivity index (χ3v) is 1.84. The Morgan fingerprint density at radius 1 is 1.38 bits per heavy atom. The van der Waals surface area contributed by atoms with E-state index in [0.29, 0.717) is 10.7 Å². The van der Waals surface area contributed by atoms with E-state index in [9.17, 15) is 4.79 Å². The third-order valence-electron chi connectivity index (χ3n) is 1.53. The van der Waals surface area contributed by atoms with Crippen LogP contribution in [-0.2, 0) is 0 Å². The number of aldehydes is 1. The number of thiocarbonyl (C=S) groups is 1. The minimum Gasteiger partial charge on any atom is -0.366 e. The number of hydrogen-bond acceptors (Lipinski definition) is 2. The van der Waals surface area contributed by atoms with Crippen LogP contribution in [0.15, 0.2) is 24.3 Å². The molecule has 0 atom stereocenters. The fourth-order valence-corrected chi connectivity index (χ4v) is 0.956. The zero-order valence-corrected chi connectivity index (χ0v) is 8.02. The van der Waals surface area contributed by atoms with Crippen LogP contribution in [-0.4, -0.2) is 18.4 Å². The van der Waals surface area contributed by atoms with Gasteiger partial charge in [-0.15, -0.1) is 0 Å². The molecule has 1 aromatic carbocycles. The standard InChI is InChI=1S/C9H10N2OS/c1-10-9(13)11-8-4-2-7(6-12)3-5-8/h2-6H,1H3,(H2,10,11,13). The van der Waals surface area contributed by atoms with Gasteiger partial charge in [0.1, 0.15) is 6.29 Å². The maximum atomic E-state index is 10.3. The van der Waals surface area contributed by atoms with E-state index in [1.165, 1.54) is 0 Å². The highest BCUT2D eigenvalue weighted by atomic mass is 32.1. The molecule has 0 aromatic heterocycles. The molecule has 68 valence electrons. The lowest BCUT2D eigenvalue weighted by Gasteiger charge is -2.06. The van der Waals surface area contributed by atoms with Gasteiger partial charge in [-0.1, -0.05) is 0 Å². The lowest BCUT2D eigenvalue weighted by Crippen LogP contribution is -2.23. The highest BCUT2D eigenvalue weighted by molar-refractivity contribution is 7.80. The van der Waals surface area contributed by atoms with Crippen LogP contribution >= 0.6 is 12.2 Å². The second-order valence-corrected chi connectivity index (χ2v) is 2.85. The normalized spacial score (nSPS) is 9.00. The van der Waals surface area contributed by atoms with Crippen molar-refractivity contribution in [2.45, 2.75) is 0 Å². The van der Waals surface area contributed by atoms with Gasteiger partial charge in [-0.05, 0) is 36.5 Å². The molecule has 0 spiro atoms. The van der Waals surface area contributed by atoms with Gasteiger partial charge in [0.25, 0.3) is 0 Å². The average molecular weight is 194 g/mol. The van der Waals surface area contributed by atoms with Crippen LogP contribution in [0, 0.1) is 0 Å². The number of benzene rings is 1. The highest BCUT2D eigenvalue weighted by Gasteiger charge is 1.94. The number of nitrogens with one attached hydrogen (secondary N) is 2. The molecule has 4 heteroatoms. The van der Waals surface area contributed by atoms with E-state index < -0.39 is 0 Å². The first kappa shape index (κ1) is 9.67. The van der Waals surface area contributed by atoms with E-state index in [4.69, 9.17) is 12.2 Å². The summed E-state index contributed by atoms with van der Waals surface area (Å²) < 4.78 is 0. The SMILES string of the molecule is CNC(=S)Nc1ccc(C=O)cc1. The molecule has 1 rings (SSSR count). The van der Waals surface area contributed by atoms with Crippen molar-refractivity contribution in [1.29, 1.82) is 0 Å². The van der Waals surface area contributed by atoms with Crippen molar-refractivity contribution in [3.63, 3.8) is 0 Å². The van der Waals surface area contributed by atoms with Crippen molar-refractivity contribution in [3.05, 3.63) is 29.8 Å². The predicted octanol–water partition coefficient (Wildman–Crippen LogP) is 1.42. The topological polar surface area (TPSA) is 41.1 Å². The molecule has 0 saturated heterocycles. The molecule has 0 aliphatic rings. The quantitative estimate of drug-likeness (QED) is 0.552. The minimum absolute atomic E-state index is 0.554. The first-order valence-corrected chi connectivity index (χ1v) is 4.21. The van der Waals surface area contributed by atoms with Crippen molar-refractivity contribution in [3.8, 4) is 0 Å². The summed E-state index contributed by atoms with van der Waals surface area (Å²) in [5, 5.41) is 6.29. The molecule has 0 aliphatic carbocycles. The Kier molecular flexibility index (Phi) is 3.40. The Morgan fingerprint density at radius 3 is 2.46 bits per heavy atom. The lowest BCUT2D eigenvalue weighted by molar-refractivity contribution is 0.112. The van der Waals surface area contributed by atoms with Gasteiger partial charge in [-0.3, -0.25) is 4.79 Å². The number of carbonyl (C=O) groups is 1. The van der Waals surface area contributed by atoms with E-state index in [1.807, 2.05) is 0 Å². The van der Waals surface area contributed by atoms with Crippen molar-refractivity contribution in [1.82, 2.24) is 5.32 Å². The van der Waals surface area contributed by atoms with Gasteiger partial charge >= 0.3 is 0 Å². The van der Waals surface area contributed by atoms with Gasteiger partial charge in [0.15, 0.2) is 5.11 Å². The molecule has 2 N–H and O–H groups in total. The zero-order valence-electron chi connectivity index (χ0n) is 7.20. The molecule has 0 heterocycles. The molecular formula is C9H10N2OS. The molecule has 0 bridgehead atoms. The van der Waals surface area contributed by atoms with Gasteiger partial charge in [0.2, 0.25) is 0 Å². The Balaban J connectivity index is 2.69. The number of rotatable bonds is 2. The van der Waals surface area contributed by atoms with Gasteiger partial charge in [-0.2, -0.15) is 0 Å². The highest BCUT2D eigenvalue weighted by Crippen LogP contribution is 2.07. The van der Waals surface area contributed by atoms with Crippen molar-refractivity contribution in [2.75, 3.05) is 12.4 Å². The van der Waals surface area contributed by atoms with Crippen LogP contribution in [0.5, 0.6) is 0 Å². The Labute approximate surface area is 82.1 Å². The molecule has 0 fully saturated rings. The maximum Gasteiger partial charge on any atom is 0.170 e. The van der Waals surface area contributed by atoms with Crippen LogP contribution in [0.3, 0.4) is 0 Å². The average Bonchev–Trinajstić information content (AvgIpc) is 2.19. The minimum atomic E-state index is 0.554.